The van der Waals surface area contributed by atoms with Crippen molar-refractivity contribution in [2.24, 2.45) is 5.92 Å². The lowest BCUT2D eigenvalue weighted by atomic mass is 9.85. The summed E-state index contributed by atoms with van der Waals surface area (Å²) in [6.07, 6.45) is 0.418. The molecule has 5 rings (SSSR count). The van der Waals surface area contributed by atoms with Gasteiger partial charge < -0.3 is 19.9 Å². The summed E-state index contributed by atoms with van der Waals surface area (Å²) in [6.45, 7) is 2.45. The molecule has 1 amide bonds. The molecule has 2 aliphatic rings. The molecule has 1 aliphatic heterocycles. The third kappa shape index (κ3) is 4.97. The van der Waals surface area contributed by atoms with Gasteiger partial charge in [0.05, 0.1) is 24.2 Å². The van der Waals surface area contributed by atoms with E-state index in [9.17, 15) is 13.6 Å². The Balaban J connectivity index is 1.48. The number of para-hydroxylation sites is 2. The van der Waals surface area contributed by atoms with E-state index in [0.717, 1.165) is 25.7 Å². The molecule has 3 heterocycles. The van der Waals surface area contributed by atoms with E-state index < -0.39 is 6.43 Å². The van der Waals surface area contributed by atoms with Crippen molar-refractivity contribution >= 4 is 28.7 Å². The Bertz CT molecular complexity index is 1220. The molecule has 11 heteroatoms. The Morgan fingerprint density at radius 3 is 2.44 bits per heavy atom. The van der Waals surface area contributed by atoms with Crippen molar-refractivity contribution in [1.29, 1.82) is 0 Å². The van der Waals surface area contributed by atoms with Crippen LogP contribution in [0, 0.1) is 5.92 Å². The number of amides is 1. The van der Waals surface area contributed by atoms with E-state index in [1.807, 2.05) is 0 Å². The highest BCUT2D eigenvalue weighted by Crippen LogP contribution is 2.31. The topological polar surface area (TPSA) is 88.4 Å². The van der Waals surface area contributed by atoms with Crippen LogP contribution in [-0.2, 0) is 9.53 Å². The fourth-order valence-corrected chi connectivity index (χ4v) is 5.02. The van der Waals surface area contributed by atoms with E-state index in [1.54, 1.807) is 49.3 Å². The Labute approximate surface area is 208 Å². The predicted molar refractivity (Wildman–Crippen MR) is 133 cm³/mol. The van der Waals surface area contributed by atoms with Gasteiger partial charge in [0, 0.05) is 45.2 Å². The Morgan fingerprint density at radius 2 is 1.75 bits per heavy atom. The number of benzene rings is 1. The number of ether oxygens (including phenoxy) is 1. The molecule has 192 valence electrons. The van der Waals surface area contributed by atoms with Crippen LogP contribution in [0.25, 0.3) is 16.9 Å². The van der Waals surface area contributed by atoms with Crippen molar-refractivity contribution in [1.82, 2.24) is 24.4 Å². The number of anilines is 2. The van der Waals surface area contributed by atoms with Gasteiger partial charge in [0.25, 0.3) is 6.43 Å². The van der Waals surface area contributed by atoms with Crippen molar-refractivity contribution in [2.45, 2.75) is 38.2 Å². The number of hydrogen-bond acceptors (Lipinski definition) is 7. The van der Waals surface area contributed by atoms with Crippen molar-refractivity contribution in [3.63, 3.8) is 0 Å². The third-order valence-corrected chi connectivity index (χ3v) is 6.90. The second kappa shape index (κ2) is 10.3. The molecule has 1 aromatic carbocycles. The number of carbonyl (C=O) groups is 1. The monoisotopic (exact) mass is 499 g/mol. The summed E-state index contributed by atoms with van der Waals surface area (Å²) in [5.74, 6) is 1.22. The molecule has 1 saturated carbocycles. The number of aromatic nitrogens is 4. The molecule has 1 N–H and O–H groups in total. The first-order valence-electron chi connectivity index (χ1n) is 12.4. The molecular weight excluding hydrogens is 468 g/mol. The number of alkyl halides is 2. The SMILES string of the molecule is CN(C)C(=O)C1CCC(Nc2nc(N3CCOCC3)cc(-n3c(C(F)F)nc4ccccc43)n2)CC1. The zero-order valence-corrected chi connectivity index (χ0v) is 20.5. The van der Waals surface area contributed by atoms with Gasteiger partial charge in [0.1, 0.15) is 11.6 Å². The molecule has 9 nitrogen and oxygen atoms in total. The second-order valence-electron chi connectivity index (χ2n) is 9.53. The van der Waals surface area contributed by atoms with Gasteiger partial charge in [-0.05, 0) is 37.8 Å². The van der Waals surface area contributed by atoms with E-state index in [4.69, 9.17) is 9.72 Å². The third-order valence-electron chi connectivity index (χ3n) is 6.90. The Hall–Kier alpha value is -3.34. The lowest BCUT2D eigenvalue weighted by molar-refractivity contribution is -0.133. The van der Waals surface area contributed by atoms with Crippen LogP contribution in [0.5, 0.6) is 0 Å². The maximum atomic E-state index is 14.0. The molecule has 2 fully saturated rings. The van der Waals surface area contributed by atoms with Crippen molar-refractivity contribution < 1.29 is 18.3 Å². The lowest BCUT2D eigenvalue weighted by Gasteiger charge is -2.31. The molecular formula is C25H31F2N7O2. The van der Waals surface area contributed by atoms with Crippen LogP contribution in [0.3, 0.4) is 0 Å². The second-order valence-corrected chi connectivity index (χ2v) is 9.53. The van der Waals surface area contributed by atoms with Gasteiger partial charge in [-0.15, -0.1) is 0 Å². The highest BCUT2D eigenvalue weighted by molar-refractivity contribution is 5.79. The molecule has 1 saturated heterocycles. The molecule has 1 aliphatic carbocycles. The first kappa shape index (κ1) is 24.4. The summed E-state index contributed by atoms with van der Waals surface area (Å²) in [6, 6.07) is 8.89. The van der Waals surface area contributed by atoms with Crippen molar-refractivity contribution in [2.75, 3.05) is 50.6 Å². The minimum Gasteiger partial charge on any atom is -0.378 e. The highest BCUT2D eigenvalue weighted by Gasteiger charge is 2.28. The van der Waals surface area contributed by atoms with E-state index in [0.29, 0.717) is 54.9 Å². The summed E-state index contributed by atoms with van der Waals surface area (Å²) >= 11 is 0. The molecule has 3 aromatic rings. The smallest absolute Gasteiger partial charge is 0.296 e. The van der Waals surface area contributed by atoms with Gasteiger partial charge in [0.2, 0.25) is 11.9 Å². The number of nitrogens with zero attached hydrogens (tertiary/aromatic N) is 6. The molecule has 0 radical (unpaired) electrons. The molecule has 0 spiro atoms. The zero-order chi connectivity index (χ0) is 25.2. The van der Waals surface area contributed by atoms with Crippen LogP contribution in [-0.4, -0.2) is 76.8 Å². The van der Waals surface area contributed by atoms with Crippen LogP contribution in [0.2, 0.25) is 0 Å². The fraction of sp³-hybridized carbons (Fsp3) is 0.520. The lowest BCUT2D eigenvalue weighted by Crippen LogP contribution is -2.37. The van der Waals surface area contributed by atoms with Gasteiger partial charge >= 0.3 is 0 Å². The van der Waals surface area contributed by atoms with Crippen molar-refractivity contribution in [3.05, 3.63) is 36.2 Å². The van der Waals surface area contributed by atoms with Crippen LogP contribution >= 0.6 is 0 Å². The van der Waals surface area contributed by atoms with Gasteiger partial charge in [0.15, 0.2) is 5.82 Å². The maximum absolute atomic E-state index is 14.0. The Morgan fingerprint density at radius 1 is 1.06 bits per heavy atom. The van der Waals surface area contributed by atoms with Crippen LogP contribution in [0.15, 0.2) is 30.3 Å². The number of hydrogen-bond donors (Lipinski definition) is 1. The molecule has 0 bridgehead atoms. The van der Waals surface area contributed by atoms with Crippen LogP contribution in [0.4, 0.5) is 20.5 Å². The summed E-state index contributed by atoms with van der Waals surface area (Å²) in [5.41, 5.74) is 1.05. The van der Waals surface area contributed by atoms with E-state index >= 15 is 0 Å². The van der Waals surface area contributed by atoms with Gasteiger partial charge in [-0.1, -0.05) is 12.1 Å². The first-order chi connectivity index (χ1) is 17.4. The number of nitrogens with one attached hydrogen (secondary N) is 1. The average molecular weight is 500 g/mol. The first-order valence-corrected chi connectivity index (χ1v) is 12.4. The number of morpholine rings is 1. The van der Waals surface area contributed by atoms with Crippen LogP contribution in [0.1, 0.15) is 37.9 Å². The van der Waals surface area contributed by atoms with Gasteiger partial charge in [-0.25, -0.2) is 13.8 Å². The summed E-state index contributed by atoms with van der Waals surface area (Å²) in [4.78, 5) is 29.7. The molecule has 0 unspecified atom stereocenters. The van der Waals surface area contributed by atoms with Gasteiger partial charge in [-0.3, -0.25) is 9.36 Å². The van der Waals surface area contributed by atoms with Crippen molar-refractivity contribution in [3.8, 4) is 5.82 Å². The number of halogens is 2. The highest BCUT2D eigenvalue weighted by atomic mass is 19.3. The van der Waals surface area contributed by atoms with Gasteiger partial charge in [-0.2, -0.15) is 9.97 Å². The largest absolute Gasteiger partial charge is 0.378 e. The zero-order valence-electron chi connectivity index (χ0n) is 20.5. The van der Waals surface area contributed by atoms with E-state index in [-0.39, 0.29) is 23.7 Å². The predicted octanol–water partition coefficient (Wildman–Crippen LogP) is 3.65. The molecule has 0 atom stereocenters. The number of carbonyl (C=O) groups excluding carboxylic acids is 1. The quantitative estimate of drug-likeness (QED) is 0.554. The minimum absolute atomic E-state index is 0.0279. The molecule has 36 heavy (non-hydrogen) atoms. The number of rotatable bonds is 6. The average Bonchev–Trinajstić information content (AvgIpc) is 3.29. The van der Waals surface area contributed by atoms with E-state index in [1.165, 1.54) is 4.57 Å². The van der Waals surface area contributed by atoms with E-state index in [2.05, 4.69) is 20.2 Å². The summed E-state index contributed by atoms with van der Waals surface area (Å²) in [7, 11) is 3.57. The standard InChI is InChI=1S/C25H31F2N7O2/c1-32(2)24(35)16-7-9-17(10-8-16)28-25-30-20(33-11-13-36-14-12-33)15-21(31-25)34-19-6-4-3-5-18(19)29-23(34)22(26)27/h3-6,15-17,22H,7-14H2,1-2H3,(H,28,30,31). The maximum Gasteiger partial charge on any atom is 0.296 e. The summed E-state index contributed by atoms with van der Waals surface area (Å²) in [5, 5.41) is 3.42. The minimum atomic E-state index is -2.76. The molecule has 2 aromatic heterocycles. The van der Waals surface area contributed by atoms with Crippen LogP contribution < -0.4 is 10.2 Å². The number of imidazole rings is 1. The summed E-state index contributed by atoms with van der Waals surface area (Å²) < 4.78 is 35.0. The normalized spacial score (nSPS) is 20.6. The Kier molecular flexibility index (Phi) is 6.99. The number of fused-ring (bicyclic) bond motifs is 1. The fourth-order valence-electron chi connectivity index (χ4n) is 5.02.